The van der Waals surface area contributed by atoms with Crippen LogP contribution in [0.2, 0.25) is 0 Å². The van der Waals surface area contributed by atoms with Crippen molar-refractivity contribution in [1.82, 2.24) is 0 Å². The van der Waals surface area contributed by atoms with Gasteiger partial charge in [-0.3, -0.25) is 4.79 Å². The molecular formula is C22H31NO3. The van der Waals surface area contributed by atoms with E-state index in [-0.39, 0.29) is 17.3 Å². The summed E-state index contributed by atoms with van der Waals surface area (Å²) in [5.41, 5.74) is -0.232. The van der Waals surface area contributed by atoms with Crippen molar-refractivity contribution in [3.8, 4) is 17.6 Å². The fraction of sp³-hybridized carbons (Fsp3) is 0.636. The van der Waals surface area contributed by atoms with Crippen LogP contribution in [0.15, 0.2) is 24.3 Å². The van der Waals surface area contributed by atoms with E-state index < -0.39 is 0 Å². The summed E-state index contributed by atoms with van der Waals surface area (Å²) >= 11 is 0. The number of carbonyl (C=O) groups excluding carboxylic acids is 1. The van der Waals surface area contributed by atoms with Crippen molar-refractivity contribution in [2.75, 3.05) is 6.61 Å². The largest absolute Gasteiger partial charge is 0.494 e. The number of benzene rings is 1. The van der Waals surface area contributed by atoms with Gasteiger partial charge in [0.15, 0.2) is 0 Å². The second-order valence-corrected chi connectivity index (χ2v) is 7.36. The van der Waals surface area contributed by atoms with Gasteiger partial charge in [0, 0.05) is 0 Å². The Labute approximate surface area is 157 Å². The maximum absolute atomic E-state index is 12.4. The number of unbranched alkanes of at least 4 members (excludes halogenated alkanes) is 2. The van der Waals surface area contributed by atoms with E-state index in [0.717, 1.165) is 50.7 Å². The molecule has 0 saturated heterocycles. The Hall–Kier alpha value is -2.02. The number of nitriles is 1. The Kier molecular flexibility index (Phi) is 7.97. The van der Waals surface area contributed by atoms with Gasteiger partial charge in [-0.25, -0.2) is 0 Å². The van der Waals surface area contributed by atoms with Gasteiger partial charge in [-0.1, -0.05) is 33.1 Å². The highest BCUT2D eigenvalue weighted by Gasteiger charge is 2.37. The normalized spacial score (nSPS) is 22.4. The highest BCUT2D eigenvalue weighted by molar-refractivity contribution is 5.75. The Bertz CT molecular complexity index is 595. The lowest BCUT2D eigenvalue weighted by molar-refractivity contribution is -0.140. The third kappa shape index (κ3) is 5.76. The molecule has 1 aliphatic carbocycles. The van der Waals surface area contributed by atoms with Crippen molar-refractivity contribution < 1.29 is 14.3 Å². The number of rotatable bonds is 9. The first kappa shape index (κ1) is 20.3. The first-order chi connectivity index (χ1) is 12.6. The average molecular weight is 357 g/mol. The lowest BCUT2D eigenvalue weighted by Gasteiger charge is -2.34. The summed E-state index contributed by atoms with van der Waals surface area (Å²) in [4.78, 5) is 12.4. The highest BCUT2D eigenvalue weighted by Crippen LogP contribution is 2.42. The molecule has 0 amide bonds. The van der Waals surface area contributed by atoms with Gasteiger partial charge in [0.25, 0.3) is 0 Å². The molecule has 1 aromatic carbocycles. The van der Waals surface area contributed by atoms with E-state index in [1.807, 2.05) is 12.1 Å². The van der Waals surface area contributed by atoms with E-state index in [9.17, 15) is 10.1 Å². The van der Waals surface area contributed by atoms with Crippen LogP contribution in [0.3, 0.4) is 0 Å². The molecular weight excluding hydrogens is 326 g/mol. The SMILES string of the molecule is CCCCC[C@]1(C#N)CC[C@H](C(=O)Oc2ccc(OCCC)cc2)CC1. The van der Waals surface area contributed by atoms with Crippen LogP contribution >= 0.6 is 0 Å². The van der Waals surface area contributed by atoms with Gasteiger partial charge in [-0.15, -0.1) is 0 Å². The molecule has 4 heteroatoms. The molecule has 142 valence electrons. The number of ether oxygens (including phenoxy) is 2. The number of nitrogens with zero attached hydrogens (tertiary/aromatic N) is 1. The number of esters is 1. The summed E-state index contributed by atoms with van der Waals surface area (Å²) in [6.07, 6.45) is 8.45. The number of carbonyl (C=O) groups is 1. The molecule has 1 saturated carbocycles. The summed E-state index contributed by atoms with van der Waals surface area (Å²) < 4.78 is 11.1. The number of hydrogen-bond donors (Lipinski definition) is 0. The van der Waals surface area contributed by atoms with Gasteiger partial charge in [0.2, 0.25) is 0 Å². The fourth-order valence-corrected chi connectivity index (χ4v) is 3.56. The first-order valence-electron chi connectivity index (χ1n) is 9.98. The summed E-state index contributed by atoms with van der Waals surface area (Å²) in [5, 5.41) is 9.61. The van der Waals surface area contributed by atoms with Gasteiger partial charge < -0.3 is 9.47 Å². The maximum Gasteiger partial charge on any atom is 0.314 e. The van der Waals surface area contributed by atoms with Crippen LogP contribution in [0.5, 0.6) is 11.5 Å². The molecule has 0 spiro atoms. The van der Waals surface area contributed by atoms with Crippen molar-refractivity contribution in [2.45, 2.75) is 71.6 Å². The topological polar surface area (TPSA) is 59.3 Å². The monoisotopic (exact) mass is 357 g/mol. The van der Waals surface area contributed by atoms with Gasteiger partial charge in [0.1, 0.15) is 11.5 Å². The van der Waals surface area contributed by atoms with Crippen LogP contribution in [0.1, 0.15) is 71.6 Å². The predicted molar refractivity (Wildman–Crippen MR) is 102 cm³/mol. The zero-order valence-electron chi connectivity index (χ0n) is 16.1. The van der Waals surface area contributed by atoms with Crippen molar-refractivity contribution in [1.29, 1.82) is 5.26 Å². The molecule has 0 atom stereocenters. The van der Waals surface area contributed by atoms with Gasteiger partial charge in [-0.2, -0.15) is 5.26 Å². The van der Waals surface area contributed by atoms with Gasteiger partial charge in [0.05, 0.1) is 24.0 Å². The Morgan fingerprint density at radius 1 is 1.12 bits per heavy atom. The number of hydrogen-bond acceptors (Lipinski definition) is 4. The van der Waals surface area contributed by atoms with Crippen LogP contribution < -0.4 is 9.47 Å². The molecule has 0 aromatic heterocycles. The molecule has 1 fully saturated rings. The molecule has 0 N–H and O–H groups in total. The van der Waals surface area contributed by atoms with E-state index in [1.54, 1.807) is 12.1 Å². The molecule has 0 aliphatic heterocycles. The van der Waals surface area contributed by atoms with Gasteiger partial charge >= 0.3 is 5.97 Å². The molecule has 2 rings (SSSR count). The van der Waals surface area contributed by atoms with E-state index in [1.165, 1.54) is 12.8 Å². The van der Waals surface area contributed by atoms with Crippen LogP contribution in [0.4, 0.5) is 0 Å². The van der Waals surface area contributed by atoms with Crippen molar-refractivity contribution in [3.63, 3.8) is 0 Å². The Morgan fingerprint density at radius 2 is 1.77 bits per heavy atom. The minimum Gasteiger partial charge on any atom is -0.494 e. The molecule has 0 bridgehead atoms. The Morgan fingerprint density at radius 3 is 2.35 bits per heavy atom. The summed E-state index contributed by atoms with van der Waals surface area (Å²) in [5.74, 6) is 1.07. The van der Waals surface area contributed by atoms with Gasteiger partial charge in [-0.05, 0) is 62.8 Å². The molecule has 1 aromatic rings. The van der Waals surface area contributed by atoms with E-state index in [4.69, 9.17) is 9.47 Å². The Balaban J connectivity index is 1.83. The second kappa shape index (κ2) is 10.2. The van der Waals surface area contributed by atoms with Crippen molar-refractivity contribution >= 4 is 5.97 Å². The minimum absolute atomic E-state index is 0.0985. The van der Waals surface area contributed by atoms with E-state index in [0.29, 0.717) is 12.4 Å². The summed E-state index contributed by atoms with van der Waals surface area (Å²) in [6.45, 7) is 4.92. The lowest BCUT2D eigenvalue weighted by Crippen LogP contribution is -2.31. The van der Waals surface area contributed by atoms with Crippen LogP contribution in [0, 0.1) is 22.7 Å². The second-order valence-electron chi connectivity index (χ2n) is 7.36. The van der Waals surface area contributed by atoms with E-state index in [2.05, 4.69) is 19.9 Å². The molecule has 1 aliphatic rings. The third-order valence-corrected chi connectivity index (χ3v) is 5.29. The molecule has 0 heterocycles. The average Bonchev–Trinajstić information content (AvgIpc) is 2.68. The summed E-state index contributed by atoms with van der Waals surface area (Å²) in [7, 11) is 0. The van der Waals surface area contributed by atoms with Crippen LogP contribution in [0.25, 0.3) is 0 Å². The van der Waals surface area contributed by atoms with Crippen LogP contribution in [-0.2, 0) is 4.79 Å². The lowest BCUT2D eigenvalue weighted by atomic mass is 9.69. The molecule has 0 unspecified atom stereocenters. The molecule has 4 nitrogen and oxygen atoms in total. The highest BCUT2D eigenvalue weighted by atomic mass is 16.5. The third-order valence-electron chi connectivity index (χ3n) is 5.29. The van der Waals surface area contributed by atoms with Crippen molar-refractivity contribution in [2.24, 2.45) is 11.3 Å². The smallest absolute Gasteiger partial charge is 0.314 e. The van der Waals surface area contributed by atoms with Crippen molar-refractivity contribution in [3.05, 3.63) is 24.3 Å². The minimum atomic E-state index is -0.232. The van der Waals surface area contributed by atoms with Crippen LogP contribution in [-0.4, -0.2) is 12.6 Å². The molecule has 0 radical (unpaired) electrons. The quantitative estimate of drug-likeness (QED) is 0.325. The standard InChI is InChI=1S/C22H31NO3/c1-3-5-6-13-22(17-23)14-11-18(12-15-22)21(24)26-20-9-7-19(8-10-20)25-16-4-2/h7-10,18H,3-6,11-16H2,1-2H3/t18-,22-. The fourth-order valence-electron chi connectivity index (χ4n) is 3.56. The molecule has 26 heavy (non-hydrogen) atoms. The predicted octanol–water partition coefficient (Wildman–Crippen LogP) is 5.66. The van der Waals surface area contributed by atoms with E-state index >= 15 is 0 Å². The maximum atomic E-state index is 12.4. The zero-order valence-corrected chi connectivity index (χ0v) is 16.1. The summed E-state index contributed by atoms with van der Waals surface area (Å²) in [6, 6.07) is 9.74. The first-order valence-corrected chi connectivity index (χ1v) is 9.98. The zero-order chi connectivity index (χ0) is 18.8.